The number of aromatic nitrogens is 1. The number of nitrogens with zero attached hydrogens (tertiary/aromatic N) is 2. The summed E-state index contributed by atoms with van der Waals surface area (Å²) in [5.41, 5.74) is 6.94. The van der Waals surface area contributed by atoms with Crippen molar-refractivity contribution in [3.8, 4) is 5.75 Å². The van der Waals surface area contributed by atoms with Crippen molar-refractivity contribution >= 4 is 90.4 Å². The van der Waals surface area contributed by atoms with Crippen molar-refractivity contribution in [1.82, 2.24) is 4.57 Å². The van der Waals surface area contributed by atoms with E-state index in [1.807, 2.05) is 10.6 Å². The van der Waals surface area contributed by atoms with Crippen molar-refractivity contribution < 1.29 is 4.74 Å². The summed E-state index contributed by atoms with van der Waals surface area (Å²) in [5, 5.41) is 4.51. The highest BCUT2D eigenvalue weighted by Gasteiger charge is 2.33. The lowest BCUT2D eigenvalue weighted by molar-refractivity contribution is 0.303. The number of thiazole rings is 1. The number of rotatable bonds is 5. The van der Waals surface area contributed by atoms with Crippen LogP contribution in [-0.4, -0.2) is 4.57 Å². The van der Waals surface area contributed by atoms with Crippen molar-refractivity contribution in [1.29, 1.82) is 0 Å². The van der Waals surface area contributed by atoms with Crippen molar-refractivity contribution in [2.75, 3.05) is 0 Å². The lowest BCUT2D eigenvalue weighted by Gasteiger charge is -2.30. The fourth-order valence-electron chi connectivity index (χ4n) is 6.24. The number of hydrogen-bond donors (Lipinski definition) is 0. The van der Waals surface area contributed by atoms with Crippen LogP contribution in [0.3, 0.4) is 0 Å². The zero-order valence-corrected chi connectivity index (χ0v) is 29.2. The van der Waals surface area contributed by atoms with Gasteiger partial charge in [-0.1, -0.05) is 84.1 Å². The standard InChI is InChI=1S/C36H24I2N2O2S2/c37-28-17-21(18-29(38)34(28)42-20-24-10-5-9-22-7-1-3-11-25(22)24)19-31-35(41)40-33(30-13-6-16-43-30)27-15-14-23-8-2-4-12-26(23)32(27)39-36(40)44-31/h1-13,16-19,33H,14-15,20H2/b31-19+/t33-/m1/s1. The third-order valence-electron chi connectivity index (χ3n) is 8.26. The molecule has 44 heavy (non-hydrogen) atoms. The van der Waals surface area contributed by atoms with Gasteiger partial charge in [-0.3, -0.25) is 9.36 Å². The van der Waals surface area contributed by atoms with E-state index in [2.05, 4.69) is 142 Å². The molecule has 3 heterocycles. The summed E-state index contributed by atoms with van der Waals surface area (Å²) < 4.78 is 11.0. The first-order valence-electron chi connectivity index (χ1n) is 14.3. The second-order valence-electron chi connectivity index (χ2n) is 10.9. The summed E-state index contributed by atoms with van der Waals surface area (Å²) in [7, 11) is 0. The second kappa shape index (κ2) is 11.7. The molecule has 1 aliphatic carbocycles. The lowest BCUT2D eigenvalue weighted by atomic mass is 9.85. The van der Waals surface area contributed by atoms with Crippen LogP contribution in [0.5, 0.6) is 5.75 Å². The van der Waals surface area contributed by atoms with Crippen molar-refractivity contribution in [3.05, 3.63) is 156 Å². The molecule has 8 rings (SSSR count). The van der Waals surface area contributed by atoms with Crippen LogP contribution in [0.15, 0.2) is 112 Å². The number of halogens is 2. The molecule has 1 aliphatic heterocycles. The summed E-state index contributed by atoms with van der Waals surface area (Å²) in [6.45, 7) is 0.488. The van der Waals surface area contributed by atoms with Gasteiger partial charge in [0.2, 0.25) is 0 Å². The first-order chi connectivity index (χ1) is 21.5. The van der Waals surface area contributed by atoms with Crippen molar-refractivity contribution in [2.24, 2.45) is 4.99 Å². The van der Waals surface area contributed by atoms with E-state index >= 15 is 0 Å². The van der Waals surface area contributed by atoms with Crippen LogP contribution >= 0.6 is 67.9 Å². The molecule has 2 aromatic heterocycles. The van der Waals surface area contributed by atoms with Crippen LogP contribution < -0.4 is 19.6 Å². The van der Waals surface area contributed by atoms with Crippen LogP contribution in [0.25, 0.3) is 22.5 Å². The Hall–Kier alpha value is -3.06. The number of fused-ring (bicyclic) bond motifs is 4. The molecular formula is C36H24I2N2O2S2. The van der Waals surface area contributed by atoms with Gasteiger partial charge in [-0.15, -0.1) is 11.3 Å². The van der Waals surface area contributed by atoms with Crippen LogP contribution in [-0.2, 0) is 13.0 Å². The van der Waals surface area contributed by atoms with Gasteiger partial charge in [-0.2, -0.15) is 0 Å². The molecule has 8 heteroatoms. The fourth-order valence-corrected chi connectivity index (χ4v) is 10.2. The van der Waals surface area contributed by atoms with Gasteiger partial charge in [0, 0.05) is 10.4 Å². The Bertz CT molecular complexity index is 2270. The quantitative estimate of drug-likeness (QED) is 0.164. The summed E-state index contributed by atoms with van der Waals surface area (Å²) >= 11 is 7.86. The maximum atomic E-state index is 14.1. The van der Waals surface area contributed by atoms with Crippen LogP contribution in [0.1, 0.15) is 39.6 Å². The van der Waals surface area contributed by atoms with Crippen LogP contribution in [0, 0.1) is 7.14 Å². The van der Waals surface area contributed by atoms with Gasteiger partial charge in [0.05, 0.1) is 23.4 Å². The number of benzene rings is 4. The Morgan fingerprint density at radius 2 is 1.73 bits per heavy atom. The van der Waals surface area contributed by atoms with Gasteiger partial charge in [0.15, 0.2) is 4.80 Å². The number of hydrogen-bond acceptors (Lipinski definition) is 5. The zero-order chi connectivity index (χ0) is 29.8. The number of allylic oxidation sites excluding steroid dienone is 1. The lowest BCUT2D eigenvalue weighted by Crippen LogP contribution is -2.38. The molecule has 1 atom stereocenters. The Balaban J connectivity index is 1.18. The molecule has 0 saturated heterocycles. The molecule has 0 radical (unpaired) electrons. The third kappa shape index (κ3) is 4.99. The first-order valence-corrected chi connectivity index (χ1v) is 18.2. The molecule has 216 valence electrons. The summed E-state index contributed by atoms with van der Waals surface area (Å²) in [5.74, 6) is 0.863. The van der Waals surface area contributed by atoms with E-state index in [0.717, 1.165) is 47.4 Å². The highest BCUT2D eigenvalue weighted by molar-refractivity contribution is 14.1. The maximum Gasteiger partial charge on any atom is 0.271 e. The largest absolute Gasteiger partial charge is 0.487 e. The second-order valence-corrected chi connectivity index (χ2v) is 15.2. The Kier molecular flexibility index (Phi) is 7.56. The minimum atomic E-state index is -0.123. The van der Waals surface area contributed by atoms with Crippen LogP contribution in [0.4, 0.5) is 0 Å². The van der Waals surface area contributed by atoms with E-state index in [-0.39, 0.29) is 11.6 Å². The highest BCUT2D eigenvalue weighted by atomic mass is 127. The van der Waals surface area contributed by atoms with E-state index in [1.54, 1.807) is 11.3 Å². The molecule has 0 N–H and O–H groups in total. The van der Waals surface area contributed by atoms with Gasteiger partial charge in [0.25, 0.3) is 5.56 Å². The Labute approximate surface area is 289 Å². The zero-order valence-electron chi connectivity index (χ0n) is 23.3. The minimum absolute atomic E-state index is 0.0128. The molecule has 0 spiro atoms. The molecule has 4 nitrogen and oxygen atoms in total. The maximum absolute atomic E-state index is 14.1. The molecule has 0 fully saturated rings. The van der Waals surface area contributed by atoms with Crippen LogP contribution in [0.2, 0.25) is 0 Å². The van der Waals surface area contributed by atoms with Crippen molar-refractivity contribution in [3.63, 3.8) is 0 Å². The van der Waals surface area contributed by atoms with E-state index in [0.29, 0.717) is 11.1 Å². The summed E-state index contributed by atoms with van der Waals surface area (Å²) in [6, 6.07) is 31.5. The fraction of sp³-hybridized carbons (Fsp3) is 0.111. The van der Waals surface area contributed by atoms with Gasteiger partial charge < -0.3 is 4.74 Å². The topological polar surface area (TPSA) is 43.6 Å². The normalized spacial score (nSPS) is 16.0. The minimum Gasteiger partial charge on any atom is -0.487 e. The van der Waals surface area contributed by atoms with E-state index in [1.165, 1.54) is 43.7 Å². The predicted octanol–water partition coefficient (Wildman–Crippen LogP) is 8.32. The molecule has 0 unspecified atom stereocenters. The number of aryl methyl sites for hydroxylation is 1. The summed E-state index contributed by atoms with van der Waals surface area (Å²) in [6.07, 6.45) is 3.87. The Morgan fingerprint density at radius 1 is 0.932 bits per heavy atom. The van der Waals surface area contributed by atoms with Crippen molar-refractivity contribution in [2.45, 2.75) is 25.5 Å². The SMILES string of the molecule is O=c1/c(=C\c2cc(I)c(OCc3cccc4ccccc34)c(I)c2)sc2n1[C@@H](c1cccs1)C1=C(N=2)c2ccccc2CC1. The smallest absolute Gasteiger partial charge is 0.271 e. The summed E-state index contributed by atoms with van der Waals surface area (Å²) in [4.78, 5) is 21.2. The third-order valence-corrected chi connectivity index (χ3v) is 11.8. The molecule has 2 aliphatic rings. The molecule has 0 bridgehead atoms. The van der Waals surface area contributed by atoms with Gasteiger partial charge in [0.1, 0.15) is 12.4 Å². The number of ether oxygens (including phenoxy) is 1. The average Bonchev–Trinajstić information content (AvgIpc) is 3.68. The van der Waals surface area contributed by atoms with Gasteiger partial charge in [-0.25, -0.2) is 4.99 Å². The molecule has 0 saturated carbocycles. The van der Waals surface area contributed by atoms with E-state index < -0.39 is 0 Å². The average molecular weight is 835 g/mol. The predicted molar refractivity (Wildman–Crippen MR) is 197 cm³/mol. The molecule has 0 amide bonds. The highest BCUT2D eigenvalue weighted by Crippen LogP contribution is 2.42. The number of thiophene rings is 1. The van der Waals surface area contributed by atoms with Gasteiger partial charge in [-0.05, 0) is 121 Å². The molecule has 6 aromatic rings. The first kappa shape index (κ1) is 28.4. The molecule has 4 aromatic carbocycles. The monoisotopic (exact) mass is 834 g/mol. The van der Waals surface area contributed by atoms with E-state index in [9.17, 15) is 4.79 Å². The Morgan fingerprint density at radius 3 is 2.57 bits per heavy atom. The van der Waals surface area contributed by atoms with Gasteiger partial charge >= 0.3 is 0 Å². The van der Waals surface area contributed by atoms with E-state index in [4.69, 9.17) is 9.73 Å². The molecular weight excluding hydrogens is 810 g/mol.